The van der Waals surface area contributed by atoms with Gasteiger partial charge in [0.15, 0.2) is 0 Å². The van der Waals surface area contributed by atoms with Crippen molar-refractivity contribution in [1.29, 1.82) is 0 Å². The molecule has 1 amide bonds. The normalized spacial score (nSPS) is 28.6. The summed E-state index contributed by atoms with van der Waals surface area (Å²) in [5.74, 6) is 0.636. The molecule has 0 aliphatic carbocycles. The van der Waals surface area contributed by atoms with Gasteiger partial charge in [0.05, 0.1) is 17.5 Å². The van der Waals surface area contributed by atoms with E-state index in [1.165, 1.54) is 0 Å². The first-order valence-corrected chi connectivity index (χ1v) is 9.78. The fraction of sp³-hybridized carbons (Fsp3) is 0.588. The lowest BCUT2D eigenvalue weighted by atomic mass is 9.82. The summed E-state index contributed by atoms with van der Waals surface area (Å²) in [6.45, 7) is 2.46. The van der Waals surface area contributed by atoms with Crippen molar-refractivity contribution in [2.45, 2.75) is 55.5 Å². The molecule has 1 aromatic carbocycles. The van der Waals surface area contributed by atoms with Gasteiger partial charge < -0.3 is 10.1 Å². The Labute approximate surface area is 143 Å². The number of piperidine rings is 1. The number of nitrogens with one attached hydrogen (secondary N) is 1. The zero-order valence-electron chi connectivity index (χ0n) is 14.1. The third kappa shape index (κ3) is 3.02. The Kier molecular flexibility index (Phi) is 4.57. The van der Waals surface area contributed by atoms with Crippen LogP contribution in [-0.2, 0) is 14.8 Å². The molecule has 0 unspecified atom stereocenters. The number of rotatable bonds is 3. The molecule has 0 bridgehead atoms. The lowest BCUT2D eigenvalue weighted by Crippen LogP contribution is -2.63. The molecule has 2 heterocycles. The zero-order chi connectivity index (χ0) is 17.4. The van der Waals surface area contributed by atoms with Gasteiger partial charge in [0.2, 0.25) is 15.9 Å². The first-order valence-electron chi connectivity index (χ1n) is 8.34. The molecule has 2 saturated heterocycles. The third-order valence-electron chi connectivity index (χ3n) is 5.14. The highest BCUT2D eigenvalue weighted by molar-refractivity contribution is 7.89. The maximum absolute atomic E-state index is 13.2. The molecule has 0 saturated carbocycles. The third-order valence-corrected chi connectivity index (χ3v) is 7.07. The summed E-state index contributed by atoms with van der Waals surface area (Å²) in [6, 6.07) is 6.28. The Balaban J connectivity index is 1.96. The molecule has 1 N–H and O–H groups in total. The van der Waals surface area contributed by atoms with E-state index in [-0.39, 0.29) is 16.8 Å². The molecule has 2 fully saturated rings. The standard InChI is InChI=1S/C17H24N2O4S/c1-17-11-3-4-12-19(15(17)9-10-16(20)18-17)24(21,22)14-7-5-13(23-2)6-8-14/h5-8,15H,3-4,9-12H2,1-2H3,(H,18,20)/t15-,17-/m0/s1. The van der Waals surface area contributed by atoms with E-state index >= 15 is 0 Å². The summed E-state index contributed by atoms with van der Waals surface area (Å²) >= 11 is 0. The predicted octanol–water partition coefficient (Wildman–Crippen LogP) is 1.91. The second-order valence-electron chi connectivity index (χ2n) is 6.77. The maximum atomic E-state index is 13.2. The number of nitrogens with zero attached hydrogens (tertiary/aromatic N) is 1. The fourth-order valence-corrected chi connectivity index (χ4v) is 5.62. The molecule has 7 heteroatoms. The van der Waals surface area contributed by atoms with Crippen molar-refractivity contribution in [2.75, 3.05) is 13.7 Å². The summed E-state index contributed by atoms with van der Waals surface area (Å²) in [5, 5.41) is 3.04. The summed E-state index contributed by atoms with van der Waals surface area (Å²) in [5.41, 5.74) is -0.495. The first-order chi connectivity index (χ1) is 11.4. The summed E-state index contributed by atoms with van der Waals surface area (Å²) in [7, 11) is -2.06. The second-order valence-corrected chi connectivity index (χ2v) is 8.66. The van der Waals surface area contributed by atoms with Crippen LogP contribution in [0.2, 0.25) is 0 Å². The van der Waals surface area contributed by atoms with E-state index in [4.69, 9.17) is 4.74 Å². The van der Waals surface area contributed by atoms with Crippen LogP contribution in [0.5, 0.6) is 5.75 Å². The average Bonchev–Trinajstić information content (AvgIpc) is 2.73. The molecule has 6 nitrogen and oxygen atoms in total. The molecule has 1 aromatic rings. The quantitative estimate of drug-likeness (QED) is 0.902. The van der Waals surface area contributed by atoms with Crippen molar-refractivity contribution in [3.63, 3.8) is 0 Å². The van der Waals surface area contributed by atoms with E-state index in [9.17, 15) is 13.2 Å². The Morgan fingerprint density at radius 2 is 1.96 bits per heavy atom. The van der Waals surface area contributed by atoms with Gasteiger partial charge >= 0.3 is 0 Å². The highest BCUT2D eigenvalue weighted by Gasteiger charge is 2.47. The number of benzene rings is 1. The molecule has 0 radical (unpaired) electrons. The van der Waals surface area contributed by atoms with E-state index in [0.29, 0.717) is 25.1 Å². The van der Waals surface area contributed by atoms with Crippen molar-refractivity contribution < 1.29 is 17.9 Å². The van der Waals surface area contributed by atoms with Gasteiger partial charge in [-0.25, -0.2) is 8.42 Å². The summed E-state index contributed by atoms with van der Waals surface area (Å²) in [4.78, 5) is 12.1. The molecular weight excluding hydrogens is 328 g/mol. The van der Waals surface area contributed by atoms with Crippen LogP contribution in [0.15, 0.2) is 29.2 Å². The summed E-state index contributed by atoms with van der Waals surface area (Å²) in [6.07, 6.45) is 3.45. The minimum atomic E-state index is -3.61. The number of ether oxygens (including phenoxy) is 1. The van der Waals surface area contributed by atoms with Crippen LogP contribution in [0.4, 0.5) is 0 Å². The van der Waals surface area contributed by atoms with Crippen LogP contribution in [0, 0.1) is 0 Å². The van der Waals surface area contributed by atoms with Crippen LogP contribution >= 0.6 is 0 Å². The molecule has 24 heavy (non-hydrogen) atoms. The molecule has 0 spiro atoms. The van der Waals surface area contributed by atoms with Gasteiger partial charge in [-0.2, -0.15) is 4.31 Å². The van der Waals surface area contributed by atoms with Crippen LogP contribution in [0.25, 0.3) is 0 Å². The van der Waals surface area contributed by atoms with Crippen molar-refractivity contribution >= 4 is 15.9 Å². The SMILES string of the molecule is COc1ccc(S(=O)(=O)N2CCCC[C@]3(C)NC(=O)CC[C@H]23)cc1. The largest absolute Gasteiger partial charge is 0.497 e. The van der Waals surface area contributed by atoms with Crippen LogP contribution in [0.1, 0.15) is 39.0 Å². The zero-order valence-corrected chi connectivity index (χ0v) is 14.9. The van der Waals surface area contributed by atoms with Gasteiger partial charge in [0, 0.05) is 19.0 Å². The highest BCUT2D eigenvalue weighted by Crippen LogP contribution is 2.36. The number of methoxy groups -OCH3 is 1. The number of amides is 1. The Hall–Kier alpha value is -1.60. The van der Waals surface area contributed by atoms with Crippen LogP contribution in [-0.4, -0.2) is 43.9 Å². The number of sulfonamides is 1. The van der Waals surface area contributed by atoms with Crippen LogP contribution in [0.3, 0.4) is 0 Å². The van der Waals surface area contributed by atoms with E-state index in [0.717, 1.165) is 19.3 Å². The molecule has 2 aliphatic rings. The first kappa shape index (κ1) is 17.2. The molecule has 0 aromatic heterocycles. The fourth-order valence-electron chi connectivity index (χ4n) is 3.83. The topological polar surface area (TPSA) is 75.7 Å². The van der Waals surface area contributed by atoms with E-state index < -0.39 is 15.6 Å². The van der Waals surface area contributed by atoms with Gasteiger partial charge in [-0.15, -0.1) is 0 Å². The van der Waals surface area contributed by atoms with E-state index in [1.54, 1.807) is 35.7 Å². The smallest absolute Gasteiger partial charge is 0.243 e. The number of carbonyl (C=O) groups excluding carboxylic acids is 1. The lowest BCUT2D eigenvalue weighted by Gasteiger charge is -2.45. The Bertz CT molecular complexity index is 717. The van der Waals surface area contributed by atoms with Crippen molar-refractivity contribution in [3.05, 3.63) is 24.3 Å². The molecule has 2 aliphatic heterocycles. The minimum Gasteiger partial charge on any atom is -0.497 e. The maximum Gasteiger partial charge on any atom is 0.243 e. The number of hydrogen-bond donors (Lipinski definition) is 1. The van der Waals surface area contributed by atoms with Gasteiger partial charge in [0.25, 0.3) is 0 Å². The van der Waals surface area contributed by atoms with Gasteiger partial charge in [-0.1, -0.05) is 0 Å². The van der Waals surface area contributed by atoms with E-state index in [1.807, 2.05) is 6.92 Å². The van der Waals surface area contributed by atoms with E-state index in [2.05, 4.69) is 5.32 Å². The number of hydrogen-bond acceptors (Lipinski definition) is 4. The van der Waals surface area contributed by atoms with Gasteiger partial charge in [-0.3, -0.25) is 4.79 Å². The number of carbonyl (C=O) groups is 1. The van der Waals surface area contributed by atoms with Crippen molar-refractivity contribution in [3.8, 4) is 5.75 Å². The summed E-state index contributed by atoms with van der Waals surface area (Å²) < 4.78 is 33.1. The van der Waals surface area contributed by atoms with Gasteiger partial charge in [0.1, 0.15) is 5.75 Å². The highest BCUT2D eigenvalue weighted by atomic mass is 32.2. The molecular formula is C17H24N2O4S. The second kappa shape index (κ2) is 6.37. The number of fused-ring (bicyclic) bond motifs is 1. The Morgan fingerprint density at radius 1 is 1.25 bits per heavy atom. The van der Waals surface area contributed by atoms with Crippen molar-refractivity contribution in [2.24, 2.45) is 0 Å². The predicted molar refractivity (Wildman–Crippen MR) is 90.3 cm³/mol. The molecule has 2 atom stereocenters. The van der Waals surface area contributed by atoms with Crippen molar-refractivity contribution in [1.82, 2.24) is 9.62 Å². The lowest BCUT2D eigenvalue weighted by molar-refractivity contribution is -0.126. The minimum absolute atomic E-state index is 0.0115. The van der Waals surface area contributed by atoms with Crippen LogP contribution < -0.4 is 10.1 Å². The molecule has 132 valence electrons. The van der Waals surface area contributed by atoms with Gasteiger partial charge in [-0.05, 0) is 56.9 Å². The Morgan fingerprint density at radius 3 is 2.62 bits per heavy atom. The average molecular weight is 352 g/mol. The monoisotopic (exact) mass is 352 g/mol. The molecule has 3 rings (SSSR count).